The van der Waals surface area contributed by atoms with Crippen LogP contribution in [0.4, 0.5) is 5.69 Å². The zero-order chi connectivity index (χ0) is 19.2. The zero-order valence-corrected chi connectivity index (χ0v) is 17.1. The third-order valence-electron chi connectivity index (χ3n) is 5.11. The highest BCUT2D eigenvalue weighted by Gasteiger charge is 2.38. The van der Waals surface area contributed by atoms with E-state index in [1.165, 1.54) is 5.30 Å². The lowest BCUT2D eigenvalue weighted by molar-refractivity contribution is 0.0579. The number of methoxy groups -OCH3 is 1. The van der Waals surface area contributed by atoms with E-state index < -0.39 is 7.36 Å². The van der Waals surface area contributed by atoms with Gasteiger partial charge in [0, 0.05) is 43.9 Å². The first kappa shape index (κ1) is 19.6. The second-order valence-corrected chi connectivity index (χ2v) is 9.66. The molecule has 0 saturated carbocycles. The van der Waals surface area contributed by atoms with Crippen LogP contribution in [-0.2, 0) is 9.47 Å². The van der Waals surface area contributed by atoms with Crippen LogP contribution in [0.5, 0.6) is 5.75 Å². The molecule has 2 fully saturated rings. The molecule has 150 valence electrons. The van der Waals surface area contributed by atoms with Crippen molar-refractivity contribution < 1.29 is 14.2 Å². The Labute approximate surface area is 166 Å². The first-order valence-corrected chi connectivity index (χ1v) is 11.3. The molecule has 0 atom stereocenters. The average molecular weight is 402 g/mol. The topological polar surface area (TPSA) is 59.4 Å². The highest BCUT2D eigenvalue weighted by molar-refractivity contribution is 7.69. The minimum absolute atomic E-state index is 0.721. The molecule has 0 N–H and O–H groups in total. The van der Waals surface area contributed by atoms with Crippen molar-refractivity contribution in [3.8, 4) is 5.75 Å². The SMILES string of the molecule is COc1ccccc1N=P(c1ccncc1)(N1CCOCC1)N1CCOCC1. The van der Waals surface area contributed by atoms with Gasteiger partial charge in [-0.2, -0.15) is 0 Å². The number of para-hydroxylation sites is 1. The van der Waals surface area contributed by atoms with Gasteiger partial charge in [0.2, 0.25) is 0 Å². The van der Waals surface area contributed by atoms with Crippen molar-refractivity contribution in [1.29, 1.82) is 0 Å². The maximum atomic E-state index is 5.67. The second kappa shape index (κ2) is 9.16. The van der Waals surface area contributed by atoms with E-state index in [-0.39, 0.29) is 0 Å². The lowest BCUT2D eigenvalue weighted by Gasteiger charge is -2.46. The van der Waals surface area contributed by atoms with Crippen LogP contribution < -0.4 is 10.0 Å². The van der Waals surface area contributed by atoms with Crippen LogP contribution in [0.25, 0.3) is 0 Å². The van der Waals surface area contributed by atoms with Crippen LogP contribution in [0.1, 0.15) is 0 Å². The fraction of sp³-hybridized carbons (Fsp3) is 0.450. The quantitative estimate of drug-likeness (QED) is 0.717. The summed E-state index contributed by atoms with van der Waals surface area (Å²) in [7, 11) is -0.551. The number of benzene rings is 1. The van der Waals surface area contributed by atoms with Crippen LogP contribution in [0.15, 0.2) is 53.5 Å². The summed E-state index contributed by atoms with van der Waals surface area (Å²) in [4.78, 5) is 4.25. The second-order valence-electron chi connectivity index (χ2n) is 6.68. The maximum absolute atomic E-state index is 5.67. The number of aromatic nitrogens is 1. The van der Waals surface area contributed by atoms with Gasteiger partial charge in [0.1, 0.15) is 18.8 Å². The van der Waals surface area contributed by atoms with Gasteiger partial charge in [-0.25, -0.2) is 14.1 Å². The van der Waals surface area contributed by atoms with Crippen LogP contribution in [0.3, 0.4) is 0 Å². The van der Waals surface area contributed by atoms with Gasteiger partial charge in [-0.05, 0) is 24.3 Å². The van der Waals surface area contributed by atoms with E-state index in [2.05, 4.69) is 26.5 Å². The van der Waals surface area contributed by atoms with Crippen molar-refractivity contribution >= 4 is 18.3 Å². The number of rotatable bonds is 5. The summed E-state index contributed by atoms with van der Waals surface area (Å²) in [5.41, 5.74) is 0.883. The lowest BCUT2D eigenvalue weighted by atomic mass is 10.3. The van der Waals surface area contributed by atoms with Gasteiger partial charge in [-0.3, -0.25) is 4.98 Å². The molecule has 1 aromatic heterocycles. The molecule has 0 bridgehead atoms. The molecule has 3 heterocycles. The summed E-state index contributed by atoms with van der Waals surface area (Å²) in [6, 6.07) is 12.2. The molecule has 0 amide bonds. The van der Waals surface area contributed by atoms with Crippen molar-refractivity contribution in [3.05, 3.63) is 48.8 Å². The summed E-state index contributed by atoms with van der Waals surface area (Å²) < 4.78 is 27.5. The Kier molecular flexibility index (Phi) is 6.40. The normalized spacial score (nSPS) is 19.3. The third kappa shape index (κ3) is 3.86. The van der Waals surface area contributed by atoms with Gasteiger partial charge >= 0.3 is 0 Å². The van der Waals surface area contributed by atoms with E-state index in [0.29, 0.717) is 0 Å². The van der Waals surface area contributed by atoms with Crippen LogP contribution in [0, 0.1) is 0 Å². The standard InChI is InChI=1S/C20H27N4O3P/c1-25-20-5-3-2-4-19(20)22-28(18-6-8-21-9-7-18,23-10-14-26-15-11-23)24-12-16-27-17-13-24/h2-9H,10-17H2,1H3. The van der Waals surface area contributed by atoms with Gasteiger partial charge < -0.3 is 14.2 Å². The number of morpholine rings is 2. The van der Waals surface area contributed by atoms with Crippen LogP contribution in [-0.4, -0.2) is 74.0 Å². The molecule has 2 aromatic rings. The number of nitrogens with zero attached hydrogens (tertiary/aromatic N) is 4. The molecule has 0 spiro atoms. The fourth-order valence-corrected chi connectivity index (χ4v) is 7.58. The summed E-state index contributed by atoms with van der Waals surface area (Å²) in [5.74, 6) is 0.794. The molecule has 4 rings (SSSR count). The molecule has 8 heteroatoms. The highest BCUT2D eigenvalue weighted by atomic mass is 31.2. The summed E-state index contributed by atoms with van der Waals surface area (Å²) in [5, 5.41) is 1.21. The zero-order valence-electron chi connectivity index (χ0n) is 16.2. The molecular weight excluding hydrogens is 375 g/mol. The molecule has 28 heavy (non-hydrogen) atoms. The fourth-order valence-electron chi connectivity index (χ4n) is 3.76. The summed E-state index contributed by atoms with van der Waals surface area (Å²) in [6.07, 6.45) is 3.73. The largest absolute Gasteiger partial charge is 0.494 e. The van der Waals surface area contributed by atoms with Crippen molar-refractivity contribution in [1.82, 2.24) is 14.3 Å². The van der Waals surface area contributed by atoms with E-state index in [4.69, 9.17) is 19.0 Å². The molecule has 0 radical (unpaired) electrons. The van der Waals surface area contributed by atoms with Gasteiger partial charge in [-0.15, -0.1) is 0 Å². The Morgan fingerprint density at radius 3 is 2.04 bits per heavy atom. The first-order valence-electron chi connectivity index (χ1n) is 9.67. The van der Waals surface area contributed by atoms with Gasteiger partial charge in [0.25, 0.3) is 0 Å². The Morgan fingerprint density at radius 1 is 0.893 bits per heavy atom. The van der Waals surface area contributed by atoms with Gasteiger partial charge in [0.05, 0.1) is 33.5 Å². The van der Waals surface area contributed by atoms with E-state index in [1.54, 1.807) is 7.11 Å². The average Bonchev–Trinajstić information content (AvgIpc) is 2.79. The molecule has 1 aromatic carbocycles. The molecular formula is C20H27N4O3P. The first-order chi connectivity index (χ1) is 13.8. The van der Waals surface area contributed by atoms with Crippen molar-refractivity contribution in [3.63, 3.8) is 0 Å². The van der Waals surface area contributed by atoms with E-state index in [1.807, 2.05) is 36.7 Å². The smallest absolute Gasteiger partial charge is 0.144 e. The number of pyridine rings is 1. The number of hydrogen-bond acceptors (Lipinski definition) is 5. The Morgan fingerprint density at radius 2 is 1.46 bits per heavy atom. The van der Waals surface area contributed by atoms with E-state index in [0.717, 1.165) is 64.0 Å². The molecule has 2 saturated heterocycles. The molecule has 2 aliphatic rings. The van der Waals surface area contributed by atoms with Gasteiger partial charge in [-0.1, -0.05) is 12.1 Å². The maximum Gasteiger partial charge on any atom is 0.144 e. The number of ether oxygens (including phenoxy) is 3. The van der Waals surface area contributed by atoms with Crippen molar-refractivity contribution in [2.45, 2.75) is 0 Å². The van der Waals surface area contributed by atoms with Gasteiger partial charge in [0.15, 0.2) is 0 Å². The number of hydrogen-bond donors (Lipinski definition) is 0. The Balaban J connectivity index is 1.95. The lowest BCUT2D eigenvalue weighted by Crippen LogP contribution is -2.46. The minimum Gasteiger partial charge on any atom is -0.494 e. The van der Waals surface area contributed by atoms with E-state index >= 15 is 0 Å². The van der Waals surface area contributed by atoms with Crippen molar-refractivity contribution in [2.24, 2.45) is 4.74 Å². The predicted molar refractivity (Wildman–Crippen MR) is 111 cm³/mol. The third-order valence-corrected chi connectivity index (χ3v) is 8.97. The minimum atomic E-state index is -2.25. The predicted octanol–water partition coefficient (Wildman–Crippen LogP) is 2.74. The Hall–Kier alpha value is -1.76. The van der Waals surface area contributed by atoms with Crippen LogP contribution in [0.2, 0.25) is 0 Å². The highest BCUT2D eigenvalue weighted by Crippen LogP contribution is 2.58. The molecule has 0 aliphatic carbocycles. The Bertz CT molecular complexity index is 799. The van der Waals surface area contributed by atoms with E-state index in [9.17, 15) is 0 Å². The molecule has 7 nitrogen and oxygen atoms in total. The van der Waals surface area contributed by atoms with Crippen LogP contribution >= 0.6 is 7.36 Å². The van der Waals surface area contributed by atoms with Crippen molar-refractivity contribution in [2.75, 3.05) is 59.7 Å². The summed E-state index contributed by atoms with van der Waals surface area (Å²) >= 11 is 0. The molecule has 0 unspecified atom stereocenters. The molecule has 2 aliphatic heterocycles. The summed E-state index contributed by atoms with van der Waals surface area (Å²) in [6.45, 7) is 6.30. The monoisotopic (exact) mass is 402 g/mol.